The van der Waals surface area contributed by atoms with Crippen LogP contribution in [-0.2, 0) is 32.5 Å². The van der Waals surface area contributed by atoms with Gasteiger partial charge >= 0.3 is 0 Å². The van der Waals surface area contributed by atoms with Crippen molar-refractivity contribution in [2.75, 3.05) is 9.80 Å². The zero-order valence-electron chi connectivity index (χ0n) is 65.5. The van der Waals surface area contributed by atoms with E-state index in [1.54, 1.807) is 0 Å². The number of para-hydroxylation sites is 2. The molecule has 0 radical (unpaired) electrons. The average Bonchev–Trinajstić information content (AvgIpc) is 1.34. The molecule has 0 spiro atoms. The van der Waals surface area contributed by atoms with E-state index in [1.807, 2.05) is 0 Å². The fourth-order valence-electron chi connectivity index (χ4n) is 16.5. The van der Waals surface area contributed by atoms with E-state index >= 15 is 0 Å². The first-order valence-corrected chi connectivity index (χ1v) is 38.3. The van der Waals surface area contributed by atoms with Crippen LogP contribution >= 0.6 is 0 Å². The van der Waals surface area contributed by atoms with Gasteiger partial charge in [-0.3, -0.25) is 0 Å². The summed E-state index contributed by atoms with van der Waals surface area (Å²) in [7, 11) is 0. The Labute approximate surface area is 631 Å². The number of benzene rings is 13. The highest BCUT2D eigenvalue weighted by Crippen LogP contribution is 2.55. The monoisotopic (exact) mass is 1380 g/mol. The van der Waals surface area contributed by atoms with Gasteiger partial charge in [0.2, 0.25) is 0 Å². The van der Waals surface area contributed by atoms with E-state index in [0.29, 0.717) is 0 Å². The Morgan fingerprint density at radius 1 is 0.226 bits per heavy atom. The molecule has 0 unspecified atom stereocenters. The van der Waals surface area contributed by atoms with Crippen molar-refractivity contribution >= 4 is 79.0 Å². The summed E-state index contributed by atoms with van der Waals surface area (Å²) in [6.45, 7) is 42.2. The van der Waals surface area contributed by atoms with Crippen LogP contribution in [0, 0.1) is 0 Å². The summed E-state index contributed by atoms with van der Waals surface area (Å²) in [6, 6.07) is 108. The first kappa shape index (κ1) is 69.7. The molecule has 4 heteroatoms. The van der Waals surface area contributed by atoms with E-state index in [0.717, 1.165) is 84.3 Å². The summed E-state index contributed by atoms with van der Waals surface area (Å²) in [5.74, 6) is 0. The first-order valence-electron chi connectivity index (χ1n) is 38.3. The van der Waals surface area contributed by atoms with E-state index < -0.39 is 0 Å². The molecular formula is C102H100BN3. The summed E-state index contributed by atoms with van der Waals surface area (Å²) in [5.41, 5.74) is 35.1. The largest absolute Gasteiger partial charge is 0.310 e. The third-order valence-corrected chi connectivity index (χ3v) is 22.7. The van der Waals surface area contributed by atoms with Crippen LogP contribution in [0.1, 0.15) is 158 Å². The van der Waals surface area contributed by atoms with E-state index in [2.05, 4.69) is 418 Å². The van der Waals surface area contributed by atoms with Crippen LogP contribution in [0.2, 0.25) is 0 Å². The number of nitrogens with zero attached hydrogens (tertiary/aromatic N) is 3. The van der Waals surface area contributed by atoms with Gasteiger partial charge < -0.3 is 14.4 Å². The van der Waals surface area contributed by atoms with Gasteiger partial charge in [-0.25, -0.2) is 0 Å². The third kappa shape index (κ3) is 12.4. The average molecular weight is 1380 g/mol. The van der Waals surface area contributed by atoms with Gasteiger partial charge in [0.15, 0.2) is 0 Å². The molecule has 0 atom stereocenters. The number of anilines is 6. The Bertz CT molecular complexity index is 5220. The highest BCUT2D eigenvalue weighted by atomic mass is 15.2. The van der Waals surface area contributed by atoms with Gasteiger partial charge in [0.05, 0.1) is 28.1 Å². The van der Waals surface area contributed by atoms with Gasteiger partial charge in [0.1, 0.15) is 0 Å². The fourth-order valence-corrected chi connectivity index (χ4v) is 16.5. The number of fused-ring (bicyclic) bond motifs is 7. The van der Waals surface area contributed by atoms with Crippen molar-refractivity contribution in [1.29, 1.82) is 0 Å². The lowest BCUT2D eigenvalue weighted by Crippen LogP contribution is -2.61. The summed E-state index contributed by atoms with van der Waals surface area (Å²) < 4.78 is 2.65. The maximum Gasteiger partial charge on any atom is 0.252 e. The summed E-state index contributed by atoms with van der Waals surface area (Å²) >= 11 is 0. The Morgan fingerprint density at radius 3 is 0.821 bits per heavy atom. The Hall–Kier alpha value is -10.7. The molecule has 3 heterocycles. The normalized spacial score (nSPS) is 13.3. The summed E-state index contributed by atoms with van der Waals surface area (Å²) in [4.78, 5) is 5.47. The van der Waals surface area contributed by atoms with Gasteiger partial charge in [-0.2, -0.15) is 0 Å². The molecule has 3 nitrogen and oxygen atoms in total. The molecule has 2 aliphatic heterocycles. The standard InChI is InChI=1S/C102H100BN3/c1-97(2,3)73-47-49-84-85-50-48-74(98(4,5)6)62-89(85)104(88(84)61-73)79-63-92-94-93(64-79)106(96-82(67-37-27-21-28-38-67)43-32-44-83(96)68-39-29-22-30-40-68)91-58-70(72-55-77(101(13,14)15)60-78(56-72)102(16,17)18)46-52-87(91)103(94)86-51-45-69(71-53-75(99(7,8)9)59-76(54-71)100(10,11)12)57-90(86)105(92)95-80(65-33-23-19-24-34-65)41-31-42-81(95)66-35-25-20-26-36-66/h19-64H,1-18H3. The number of aromatic nitrogens is 1. The smallest absolute Gasteiger partial charge is 0.252 e. The molecule has 106 heavy (non-hydrogen) atoms. The molecule has 2 aliphatic rings. The van der Waals surface area contributed by atoms with Gasteiger partial charge in [-0.1, -0.05) is 367 Å². The van der Waals surface area contributed by atoms with Crippen LogP contribution in [0.15, 0.2) is 279 Å². The quantitative estimate of drug-likeness (QED) is 0.133. The number of hydrogen-bond acceptors (Lipinski definition) is 2. The molecule has 526 valence electrons. The lowest BCUT2D eigenvalue weighted by molar-refractivity contribution is 0.568. The van der Waals surface area contributed by atoms with Gasteiger partial charge in [-0.15, -0.1) is 0 Å². The molecule has 16 rings (SSSR count). The molecule has 13 aromatic carbocycles. The highest BCUT2D eigenvalue weighted by Gasteiger charge is 2.46. The van der Waals surface area contributed by atoms with Crippen molar-refractivity contribution in [3.63, 3.8) is 0 Å². The van der Waals surface area contributed by atoms with Crippen molar-refractivity contribution in [2.24, 2.45) is 0 Å². The fraction of sp³-hybridized carbons (Fsp3) is 0.235. The molecule has 0 fully saturated rings. The van der Waals surface area contributed by atoms with Crippen LogP contribution in [0.25, 0.3) is 94.3 Å². The van der Waals surface area contributed by atoms with Crippen LogP contribution < -0.4 is 26.2 Å². The summed E-state index contributed by atoms with van der Waals surface area (Å²) in [5, 5.41) is 2.46. The molecule has 0 amide bonds. The van der Waals surface area contributed by atoms with Gasteiger partial charge in [-0.05, 0) is 163 Å². The maximum absolute atomic E-state index is 2.74. The zero-order chi connectivity index (χ0) is 74.3. The third-order valence-electron chi connectivity index (χ3n) is 22.7. The molecule has 0 bridgehead atoms. The van der Waals surface area contributed by atoms with Gasteiger partial charge in [0, 0.05) is 55.8 Å². The van der Waals surface area contributed by atoms with Crippen LogP contribution in [-0.4, -0.2) is 11.3 Å². The minimum absolute atomic E-state index is 0.103. The van der Waals surface area contributed by atoms with Crippen LogP contribution in [0.3, 0.4) is 0 Å². The molecule has 0 N–H and O–H groups in total. The van der Waals surface area contributed by atoms with Crippen molar-refractivity contribution in [3.05, 3.63) is 312 Å². The van der Waals surface area contributed by atoms with E-state index in [4.69, 9.17) is 0 Å². The Balaban J connectivity index is 1.14. The Morgan fingerprint density at radius 2 is 0.528 bits per heavy atom. The van der Waals surface area contributed by atoms with E-state index in [9.17, 15) is 0 Å². The molecule has 0 saturated heterocycles. The lowest BCUT2D eigenvalue weighted by atomic mass is 9.33. The maximum atomic E-state index is 2.74. The van der Waals surface area contributed by atoms with Crippen molar-refractivity contribution in [3.8, 4) is 72.4 Å². The number of rotatable bonds is 9. The molecular weight excluding hydrogens is 1280 g/mol. The second kappa shape index (κ2) is 25.5. The predicted octanol–water partition coefficient (Wildman–Crippen LogP) is 26.7. The molecule has 0 aliphatic carbocycles. The van der Waals surface area contributed by atoms with Crippen molar-refractivity contribution in [1.82, 2.24) is 4.57 Å². The SMILES string of the molecule is CC(C)(C)c1cc(-c2ccc3c(c2)N(c2c(-c4ccccc4)cccc2-c2ccccc2)c2cc(-n4c5cc(C(C)(C)C)ccc5c5ccc(C(C)(C)C)cc54)cc4c2B3c2ccc(-c3cc(C(C)(C)C)cc(C(C)(C)C)c3)cc2N4c2c(-c3ccccc3)cccc2-c2ccccc2)cc(C(C)(C)C)c1. The second-order valence-electron chi connectivity index (χ2n) is 36.3. The van der Waals surface area contributed by atoms with E-state index in [1.165, 1.54) is 93.8 Å². The van der Waals surface area contributed by atoms with Crippen LogP contribution in [0.5, 0.6) is 0 Å². The van der Waals surface area contributed by atoms with Crippen molar-refractivity contribution in [2.45, 2.75) is 157 Å². The first-order chi connectivity index (χ1) is 50.4. The molecule has 14 aromatic rings. The predicted molar refractivity (Wildman–Crippen MR) is 460 cm³/mol. The van der Waals surface area contributed by atoms with Crippen LogP contribution in [0.4, 0.5) is 34.1 Å². The lowest BCUT2D eigenvalue weighted by Gasteiger charge is -2.46. The molecule has 0 saturated carbocycles. The Kier molecular flexibility index (Phi) is 16.8. The topological polar surface area (TPSA) is 11.4 Å². The highest BCUT2D eigenvalue weighted by molar-refractivity contribution is 7.00. The summed E-state index contributed by atoms with van der Waals surface area (Å²) in [6.07, 6.45) is 0. The second-order valence-corrected chi connectivity index (χ2v) is 36.3. The minimum atomic E-state index is -0.247. The van der Waals surface area contributed by atoms with E-state index in [-0.39, 0.29) is 39.2 Å². The van der Waals surface area contributed by atoms with Crippen molar-refractivity contribution < 1.29 is 0 Å². The minimum Gasteiger partial charge on any atom is -0.310 e. The zero-order valence-corrected chi connectivity index (χ0v) is 65.5. The molecule has 1 aromatic heterocycles. The van der Waals surface area contributed by atoms with Gasteiger partial charge in [0.25, 0.3) is 6.71 Å². The number of hydrogen-bond donors (Lipinski definition) is 0.